The SMILES string of the molecule is CCCCCCCCCCCCCCC[C@@H](O)[C@H](COC1OC(CO)C(O)C(O)C1O)NCC. The first kappa shape index (κ1) is 31.7. The number of hydrogen-bond donors (Lipinski definition) is 6. The molecule has 0 radical (unpaired) electrons. The molecule has 8 nitrogen and oxygen atoms in total. The normalized spacial score (nSPS) is 27.1. The van der Waals surface area contributed by atoms with Crippen LogP contribution in [0.4, 0.5) is 0 Å². The van der Waals surface area contributed by atoms with Crippen molar-refractivity contribution in [2.75, 3.05) is 19.8 Å². The molecule has 0 aromatic heterocycles. The van der Waals surface area contributed by atoms with Crippen molar-refractivity contribution in [3.63, 3.8) is 0 Å². The zero-order valence-corrected chi connectivity index (χ0v) is 21.6. The van der Waals surface area contributed by atoms with Crippen molar-refractivity contribution < 1.29 is 35.0 Å². The number of likely N-dealkylation sites (N-methyl/N-ethyl adjacent to an activating group) is 1. The molecule has 0 aromatic carbocycles. The highest BCUT2D eigenvalue weighted by Gasteiger charge is 2.44. The van der Waals surface area contributed by atoms with Crippen molar-refractivity contribution in [2.45, 2.75) is 147 Å². The first-order valence-corrected chi connectivity index (χ1v) is 13.8. The molecule has 1 saturated heterocycles. The van der Waals surface area contributed by atoms with Crippen LogP contribution in [0.5, 0.6) is 0 Å². The van der Waals surface area contributed by atoms with Crippen molar-refractivity contribution in [3.05, 3.63) is 0 Å². The lowest BCUT2D eigenvalue weighted by Crippen LogP contribution is -2.59. The van der Waals surface area contributed by atoms with Gasteiger partial charge in [0.25, 0.3) is 0 Å². The topological polar surface area (TPSA) is 132 Å². The lowest BCUT2D eigenvalue weighted by molar-refractivity contribution is -0.302. The number of hydrogen-bond acceptors (Lipinski definition) is 8. The Morgan fingerprint density at radius 3 is 1.79 bits per heavy atom. The van der Waals surface area contributed by atoms with Gasteiger partial charge in [0.05, 0.1) is 25.4 Å². The van der Waals surface area contributed by atoms with E-state index in [1.165, 1.54) is 70.6 Å². The molecule has 1 rings (SSSR count). The summed E-state index contributed by atoms with van der Waals surface area (Å²) in [6.45, 7) is 4.43. The summed E-state index contributed by atoms with van der Waals surface area (Å²) in [7, 11) is 0. The minimum atomic E-state index is -1.47. The van der Waals surface area contributed by atoms with E-state index in [2.05, 4.69) is 12.2 Å². The molecule has 0 bridgehead atoms. The smallest absolute Gasteiger partial charge is 0.186 e. The standard InChI is InChI=1S/C26H53NO7/c1-3-5-6-7-8-9-10-11-12-13-14-15-16-17-21(29)20(27-4-2)19-33-26-25(32)24(31)23(30)22(18-28)34-26/h20-32H,3-19H2,1-2H3/t20-,21+,22?,23?,24?,25?,26?/m0/s1. The van der Waals surface area contributed by atoms with Gasteiger partial charge in [-0.3, -0.25) is 0 Å². The molecule has 5 unspecified atom stereocenters. The van der Waals surface area contributed by atoms with E-state index < -0.39 is 43.4 Å². The van der Waals surface area contributed by atoms with E-state index in [1.807, 2.05) is 6.92 Å². The Bertz CT molecular complexity index is 468. The molecular weight excluding hydrogens is 438 g/mol. The predicted octanol–water partition coefficient (Wildman–Crippen LogP) is 2.62. The van der Waals surface area contributed by atoms with Crippen LogP contribution in [0.2, 0.25) is 0 Å². The van der Waals surface area contributed by atoms with Crippen LogP contribution in [0.1, 0.15) is 104 Å². The van der Waals surface area contributed by atoms with Gasteiger partial charge in [-0.2, -0.15) is 0 Å². The number of rotatable bonds is 21. The molecule has 204 valence electrons. The molecule has 0 aromatic rings. The number of nitrogens with one attached hydrogen (secondary N) is 1. The van der Waals surface area contributed by atoms with E-state index in [-0.39, 0.29) is 12.6 Å². The molecule has 0 saturated carbocycles. The Morgan fingerprint density at radius 2 is 1.29 bits per heavy atom. The molecule has 1 heterocycles. The maximum absolute atomic E-state index is 10.6. The Hall–Kier alpha value is -0.320. The summed E-state index contributed by atoms with van der Waals surface area (Å²) >= 11 is 0. The summed E-state index contributed by atoms with van der Waals surface area (Å²) in [4.78, 5) is 0. The molecule has 0 aliphatic carbocycles. The van der Waals surface area contributed by atoms with Crippen LogP contribution < -0.4 is 5.32 Å². The summed E-state index contributed by atoms with van der Waals surface area (Å²) in [6.07, 6.45) is 10.2. The van der Waals surface area contributed by atoms with Gasteiger partial charge in [0.1, 0.15) is 24.4 Å². The number of unbranched alkanes of at least 4 members (excludes halogenated alkanes) is 12. The summed E-state index contributed by atoms with van der Waals surface area (Å²) in [5.41, 5.74) is 0. The highest BCUT2D eigenvalue weighted by Crippen LogP contribution is 2.22. The van der Waals surface area contributed by atoms with Gasteiger partial charge in [0.2, 0.25) is 0 Å². The zero-order chi connectivity index (χ0) is 25.2. The van der Waals surface area contributed by atoms with E-state index >= 15 is 0 Å². The number of aliphatic hydroxyl groups excluding tert-OH is 5. The maximum Gasteiger partial charge on any atom is 0.186 e. The maximum atomic E-state index is 10.6. The molecule has 34 heavy (non-hydrogen) atoms. The second-order valence-electron chi connectivity index (χ2n) is 9.79. The quantitative estimate of drug-likeness (QED) is 0.135. The lowest BCUT2D eigenvalue weighted by Gasteiger charge is -2.40. The first-order valence-electron chi connectivity index (χ1n) is 13.8. The summed E-state index contributed by atoms with van der Waals surface area (Å²) < 4.78 is 11.0. The van der Waals surface area contributed by atoms with Gasteiger partial charge >= 0.3 is 0 Å². The molecule has 7 atom stereocenters. The molecular formula is C26H53NO7. The Balaban J connectivity index is 2.17. The third-order valence-electron chi connectivity index (χ3n) is 6.82. The zero-order valence-electron chi connectivity index (χ0n) is 21.6. The van der Waals surface area contributed by atoms with Gasteiger partial charge in [0.15, 0.2) is 6.29 Å². The second kappa shape index (κ2) is 19.8. The average molecular weight is 492 g/mol. The van der Waals surface area contributed by atoms with Crippen LogP contribution in [-0.2, 0) is 9.47 Å². The predicted molar refractivity (Wildman–Crippen MR) is 134 cm³/mol. The monoisotopic (exact) mass is 491 g/mol. The number of ether oxygens (including phenoxy) is 2. The van der Waals surface area contributed by atoms with Crippen LogP contribution in [0.3, 0.4) is 0 Å². The Labute approximate surface area is 207 Å². The minimum Gasteiger partial charge on any atom is -0.394 e. The van der Waals surface area contributed by atoms with Gasteiger partial charge < -0.3 is 40.3 Å². The van der Waals surface area contributed by atoms with Gasteiger partial charge in [-0.25, -0.2) is 0 Å². The van der Waals surface area contributed by atoms with E-state index in [4.69, 9.17) is 9.47 Å². The molecule has 8 heteroatoms. The fraction of sp³-hybridized carbons (Fsp3) is 1.00. The third kappa shape index (κ3) is 12.6. The largest absolute Gasteiger partial charge is 0.394 e. The van der Waals surface area contributed by atoms with Gasteiger partial charge in [-0.1, -0.05) is 97.3 Å². The van der Waals surface area contributed by atoms with Crippen molar-refractivity contribution in [1.29, 1.82) is 0 Å². The van der Waals surface area contributed by atoms with Crippen molar-refractivity contribution in [1.82, 2.24) is 5.32 Å². The van der Waals surface area contributed by atoms with E-state index in [0.717, 1.165) is 12.8 Å². The van der Waals surface area contributed by atoms with Gasteiger partial charge in [0, 0.05) is 0 Å². The highest BCUT2D eigenvalue weighted by atomic mass is 16.7. The Morgan fingerprint density at radius 1 is 0.765 bits per heavy atom. The van der Waals surface area contributed by atoms with E-state index in [1.54, 1.807) is 0 Å². The van der Waals surface area contributed by atoms with Crippen molar-refractivity contribution in [3.8, 4) is 0 Å². The van der Waals surface area contributed by atoms with Crippen LogP contribution in [-0.4, -0.2) is 88.1 Å². The molecule has 0 spiro atoms. The van der Waals surface area contributed by atoms with Gasteiger partial charge in [-0.05, 0) is 13.0 Å². The molecule has 1 aliphatic heterocycles. The van der Waals surface area contributed by atoms with Crippen LogP contribution in [0.25, 0.3) is 0 Å². The van der Waals surface area contributed by atoms with Crippen molar-refractivity contribution >= 4 is 0 Å². The fourth-order valence-corrected chi connectivity index (χ4v) is 4.54. The summed E-state index contributed by atoms with van der Waals surface area (Å²) in [6, 6.07) is -0.338. The molecule has 1 fully saturated rings. The first-order chi connectivity index (χ1) is 16.5. The fourth-order valence-electron chi connectivity index (χ4n) is 4.54. The second-order valence-corrected chi connectivity index (χ2v) is 9.79. The minimum absolute atomic E-state index is 0.0795. The Kier molecular flexibility index (Phi) is 18.5. The summed E-state index contributed by atoms with van der Waals surface area (Å²) in [5, 5.41) is 53.0. The number of aliphatic hydroxyl groups is 5. The highest BCUT2D eigenvalue weighted by molar-refractivity contribution is 4.89. The molecule has 6 N–H and O–H groups in total. The van der Waals surface area contributed by atoms with Crippen molar-refractivity contribution in [2.24, 2.45) is 0 Å². The van der Waals surface area contributed by atoms with Gasteiger partial charge in [-0.15, -0.1) is 0 Å². The lowest BCUT2D eigenvalue weighted by atomic mass is 9.99. The van der Waals surface area contributed by atoms with E-state index in [0.29, 0.717) is 13.0 Å². The average Bonchev–Trinajstić information content (AvgIpc) is 2.84. The molecule has 0 amide bonds. The van der Waals surface area contributed by atoms with Crippen LogP contribution >= 0.6 is 0 Å². The van der Waals surface area contributed by atoms with Crippen LogP contribution in [0, 0.1) is 0 Å². The van der Waals surface area contributed by atoms with E-state index in [9.17, 15) is 25.5 Å². The molecule has 1 aliphatic rings. The summed E-state index contributed by atoms with van der Waals surface area (Å²) in [5.74, 6) is 0. The third-order valence-corrected chi connectivity index (χ3v) is 6.82. The van der Waals surface area contributed by atoms with Crippen LogP contribution in [0.15, 0.2) is 0 Å².